The van der Waals surface area contributed by atoms with Crippen molar-refractivity contribution < 1.29 is 35.1 Å². The third-order valence-corrected chi connectivity index (χ3v) is 5.31. The molecule has 0 aliphatic carbocycles. The molecule has 4 aromatic carbocycles. The molecule has 0 unspecified atom stereocenters. The molecule has 0 nitrogen and oxygen atoms in total. The van der Waals surface area contributed by atoms with Gasteiger partial charge < -0.3 is 0 Å². The highest BCUT2D eigenvalue weighted by Gasteiger charge is 2.35. The molecule has 0 atom stereocenters. The largest absolute Gasteiger partial charge is 0.419 e. The fourth-order valence-electron chi connectivity index (χ4n) is 3.55. The molecule has 34 heavy (non-hydrogen) atoms. The predicted molar refractivity (Wildman–Crippen MR) is 113 cm³/mol. The number of halogens is 8. The second kappa shape index (κ2) is 8.59. The highest BCUT2D eigenvalue weighted by molar-refractivity contribution is 5.73. The number of alkyl halides is 6. The number of benzene rings is 4. The van der Waals surface area contributed by atoms with Gasteiger partial charge in [0, 0.05) is 0 Å². The quantitative estimate of drug-likeness (QED) is 0.258. The monoisotopic (exact) mass is 478 g/mol. The van der Waals surface area contributed by atoms with Crippen LogP contribution in [0.5, 0.6) is 0 Å². The van der Waals surface area contributed by atoms with Gasteiger partial charge in [-0.15, -0.1) is 0 Å². The van der Waals surface area contributed by atoms with E-state index in [0.29, 0.717) is 22.3 Å². The van der Waals surface area contributed by atoms with Crippen LogP contribution in [0.2, 0.25) is 0 Å². The minimum absolute atomic E-state index is 0.201. The Balaban J connectivity index is 1.59. The molecule has 0 bridgehead atoms. The summed E-state index contributed by atoms with van der Waals surface area (Å²) in [5.41, 5.74) is 0.0406. The number of hydrogen-bond donors (Lipinski definition) is 0. The van der Waals surface area contributed by atoms with E-state index in [9.17, 15) is 35.1 Å². The molecule has 174 valence electrons. The zero-order valence-electron chi connectivity index (χ0n) is 17.1. The molecule has 0 heterocycles. The van der Waals surface area contributed by atoms with Crippen molar-refractivity contribution in [3.63, 3.8) is 0 Å². The van der Waals surface area contributed by atoms with E-state index in [2.05, 4.69) is 0 Å². The lowest BCUT2D eigenvalue weighted by Gasteiger charge is -2.12. The van der Waals surface area contributed by atoms with E-state index in [4.69, 9.17) is 0 Å². The summed E-state index contributed by atoms with van der Waals surface area (Å²) in [5, 5.41) is 0. The maximum atomic E-state index is 13.5. The topological polar surface area (TPSA) is 0 Å². The molecule has 4 aromatic rings. The van der Waals surface area contributed by atoms with Gasteiger partial charge >= 0.3 is 12.4 Å². The molecule has 0 aromatic heterocycles. The van der Waals surface area contributed by atoms with Crippen LogP contribution in [0.25, 0.3) is 33.4 Å². The summed E-state index contributed by atoms with van der Waals surface area (Å²) in [6, 6.07) is 18.6. The van der Waals surface area contributed by atoms with Crippen molar-refractivity contribution in [3.05, 3.63) is 108 Å². The molecule has 8 heteroatoms. The van der Waals surface area contributed by atoms with E-state index in [1.807, 2.05) is 0 Å². The van der Waals surface area contributed by atoms with Crippen LogP contribution in [0.1, 0.15) is 11.1 Å². The van der Waals surface area contributed by atoms with Crippen molar-refractivity contribution in [2.24, 2.45) is 0 Å². The first-order chi connectivity index (χ1) is 15.9. The Kier molecular flexibility index (Phi) is 5.93. The van der Waals surface area contributed by atoms with Crippen molar-refractivity contribution in [2.45, 2.75) is 12.4 Å². The highest BCUT2D eigenvalue weighted by Crippen LogP contribution is 2.36. The molecule has 0 aliphatic heterocycles. The third kappa shape index (κ3) is 4.81. The fraction of sp³-hybridized carbons (Fsp3) is 0.0769. The first-order valence-corrected chi connectivity index (χ1v) is 9.88. The van der Waals surface area contributed by atoms with Gasteiger partial charge in [-0.2, -0.15) is 26.3 Å². The average molecular weight is 478 g/mol. The van der Waals surface area contributed by atoms with Crippen molar-refractivity contribution in [1.82, 2.24) is 0 Å². The zero-order chi connectivity index (χ0) is 24.7. The molecule has 0 saturated heterocycles. The molecule has 4 rings (SSSR count). The summed E-state index contributed by atoms with van der Waals surface area (Å²) in [6.45, 7) is 0. The molecule has 0 radical (unpaired) electrons. The second-order valence-corrected chi connectivity index (χ2v) is 7.54. The number of hydrogen-bond acceptors (Lipinski definition) is 0. The van der Waals surface area contributed by atoms with Crippen LogP contribution in [0, 0.1) is 11.6 Å². The van der Waals surface area contributed by atoms with Gasteiger partial charge in [-0.25, -0.2) is 8.78 Å². The zero-order valence-corrected chi connectivity index (χ0v) is 17.1. The standard InChI is InChI=1S/C26H14F8/c27-23-11-9-19(13-21(23)25(29,30)31)17-5-1-15(2-6-17)16-3-7-18(8-4-16)20-10-12-24(28)22(14-20)26(32,33)34/h1-14H. The first-order valence-electron chi connectivity index (χ1n) is 9.88. The Morgan fingerprint density at radius 1 is 0.353 bits per heavy atom. The molecule has 0 fully saturated rings. The molecule has 0 amide bonds. The summed E-state index contributed by atoms with van der Waals surface area (Å²) < 4.78 is 105. The Labute approximate surface area is 189 Å². The van der Waals surface area contributed by atoms with Crippen LogP contribution in [-0.4, -0.2) is 0 Å². The Hall–Kier alpha value is -3.68. The van der Waals surface area contributed by atoms with Crippen LogP contribution in [0.15, 0.2) is 84.9 Å². The van der Waals surface area contributed by atoms with Gasteiger partial charge in [0.2, 0.25) is 0 Å². The van der Waals surface area contributed by atoms with E-state index in [1.54, 1.807) is 48.5 Å². The third-order valence-electron chi connectivity index (χ3n) is 5.31. The van der Waals surface area contributed by atoms with Crippen molar-refractivity contribution in [3.8, 4) is 33.4 Å². The lowest BCUT2D eigenvalue weighted by atomic mass is 9.97. The Morgan fingerprint density at radius 3 is 0.853 bits per heavy atom. The first kappa shape index (κ1) is 23.5. The second-order valence-electron chi connectivity index (χ2n) is 7.54. The lowest BCUT2D eigenvalue weighted by molar-refractivity contribution is -0.140. The smallest absolute Gasteiger partial charge is 0.206 e. The minimum atomic E-state index is -4.81. The van der Waals surface area contributed by atoms with Crippen LogP contribution in [0.3, 0.4) is 0 Å². The Bertz CT molecular complexity index is 1210. The summed E-state index contributed by atoms with van der Waals surface area (Å²) >= 11 is 0. The van der Waals surface area contributed by atoms with Gasteiger partial charge in [0.15, 0.2) is 0 Å². The van der Waals surface area contributed by atoms with Crippen molar-refractivity contribution in [2.75, 3.05) is 0 Å². The minimum Gasteiger partial charge on any atom is -0.206 e. The van der Waals surface area contributed by atoms with E-state index in [-0.39, 0.29) is 11.1 Å². The van der Waals surface area contributed by atoms with E-state index in [0.717, 1.165) is 24.3 Å². The van der Waals surface area contributed by atoms with Crippen LogP contribution in [0.4, 0.5) is 35.1 Å². The molecule has 0 N–H and O–H groups in total. The predicted octanol–water partition coefficient (Wildman–Crippen LogP) is 9.00. The number of rotatable bonds is 3. The van der Waals surface area contributed by atoms with E-state index < -0.39 is 35.1 Å². The summed E-state index contributed by atoms with van der Waals surface area (Å²) in [5.74, 6) is -2.70. The van der Waals surface area contributed by atoms with Gasteiger partial charge in [0.25, 0.3) is 0 Å². The SMILES string of the molecule is Fc1ccc(-c2ccc(-c3ccc(-c4ccc(F)c(C(F)(F)F)c4)cc3)cc2)cc1C(F)(F)F. The maximum absolute atomic E-state index is 13.5. The summed E-state index contributed by atoms with van der Waals surface area (Å²) in [6.07, 6.45) is -9.62. The molecule has 0 aliphatic rings. The molecule has 0 saturated carbocycles. The normalized spacial score (nSPS) is 12.1. The van der Waals surface area contributed by atoms with Gasteiger partial charge in [0.1, 0.15) is 11.6 Å². The fourth-order valence-corrected chi connectivity index (χ4v) is 3.55. The molecular weight excluding hydrogens is 464 g/mol. The van der Waals surface area contributed by atoms with Crippen molar-refractivity contribution >= 4 is 0 Å². The van der Waals surface area contributed by atoms with E-state index in [1.165, 1.54) is 12.1 Å². The van der Waals surface area contributed by atoms with Crippen LogP contribution < -0.4 is 0 Å². The van der Waals surface area contributed by atoms with Crippen LogP contribution in [-0.2, 0) is 12.4 Å². The molecule has 0 spiro atoms. The maximum Gasteiger partial charge on any atom is 0.419 e. The lowest BCUT2D eigenvalue weighted by Crippen LogP contribution is -2.08. The summed E-state index contributed by atoms with van der Waals surface area (Å²) in [4.78, 5) is 0. The van der Waals surface area contributed by atoms with Crippen LogP contribution >= 0.6 is 0 Å². The highest BCUT2D eigenvalue weighted by atomic mass is 19.4. The van der Waals surface area contributed by atoms with E-state index >= 15 is 0 Å². The van der Waals surface area contributed by atoms with Gasteiger partial charge in [0.05, 0.1) is 11.1 Å². The van der Waals surface area contributed by atoms with Gasteiger partial charge in [-0.3, -0.25) is 0 Å². The summed E-state index contributed by atoms with van der Waals surface area (Å²) in [7, 11) is 0. The van der Waals surface area contributed by atoms with Gasteiger partial charge in [-0.05, 0) is 57.6 Å². The molecular formula is C26H14F8. The van der Waals surface area contributed by atoms with Gasteiger partial charge in [-0.1, -0.05) is 60.7 Å². The Morgan fingerprint density at radius 2 is 0.588 bits per heavy atom. The van der Waals surface area contributed by atoms with Crippen molar-refractivity contribution in [1.29, 1.82) is 0 Å². The average Bonchev–Trinajstić information content (AvgIpc) is 2.78.